The second-order valence-electron chi connectivity index (χ2n) is 6.10. The molecule has 0 saturated carbocycles. The van der Waals surface area contributed by atoms with Gasteiger partial charge in [0.25, 0.3) is 5.91 Å². The number of aldehydes is 1. The van der Waals surface area contributed by atoms with Crippen LogP contribution in [0.2, 0.25) is 10.0 Å². The van der Waals surface area contributed by atoms with Gasteiger partial charge in [0.05, 0.1) is 10.6 Å². The molecule has 0 spiro atoms. The van der Waals surface area contributed by atoms with Gasteiger partial charge in [-0.05, 0) is 55.0 Å². The smallest absolute Gasteiger partial charge is 0.340 e. The summed E-state index contributed by atoms with van der Waals surface area (Å²) in [5, 5.41) is 3.27. The molecule has 0 aliphatic rings. The minimum atomic E-state index is -0.767. The zero-order valence-corrected chi connectivity index (χ0v) is 16.7. The molecule has 0 unspecified atom stereocenters. The van der Waals surface area contributed by atoms with E-state index in [1.54, 1.807) is 30.3 Å². The number of hydrogen-bond acceptors (Lipinski definition) is 5. The van der Waals surface area contributed by atoms with E-state index in [0.29, 0.717) is 28.3 Å². The molecular weight excluding hydrogens is 417 g/mol. The molecule has 0 bridgehead atoms. The van der Waals surface area contributed by atoms with Crippen LogP contribution in [-0.2, 0) is 9.53 Å². The van der Waals surface area contributed by atoms with Gasteiger partial charge in [-0.1, -0.05) is 29.3 Å². The van der Waals surface area contributed by atoms with Crippen LogP contribution in [0.4, 0.5) is 5.69 Å². The lowest BCUT2D eigenvalue weighted by atomic mass is 10.1. The Morgan fingerprint density at radius 1 is 1.07 bits per heavy atom. The Balaban J connectivity index is 1.66. The molecule has 8 heteroatoms. The molecule has 0 fully saturated rings. The topological polar surface area (TPSA) is 85.6 Å². The first-order valence-electron chi connectivity index (χ1n) is 8.45. The largest absolute Gasteiger partial charge is 0.453 e. The van der Waals surface area contributed by atoms with Crippen LogP contribution in [0.3, 0.4) is 0 Å². The number of anilines is 1. The first kappa shape index (κ1) is 20.6. The second kappa shape index (κ2) is 8.94. The summed E-state index contributed by atoms with van der Waals surface area (Å²) < 4.78 is 10.4. The number of halogens is 2. The van der Waals surface area contributed by atoms with Crippen LogP contribution >= 0.6 is 23.2 Å². The average Bonchev–Trinajstić information content (AvgIpc) is 3.18. The number of esters is 1. The minimum absolute atomic E-state index is 0.0689. The van der Waals surface area contributed by atoms with E-state index < -0.39 is 18.5 Å². The summed E-state index contributed by atoms with van der Waals surface area (Å²) in [4.78, 5) is 35.2. The Kier molecular flexibility index (Phi) is 6.36. The zero-order valence-electron chi connectivity index (χ0n) is 15.2. The number of aryl methyl sites for hydroxylation is 1. The molecule has 1 amide bonds. The molecule has 6 nitrogen and oxygen atoms in total. The molecule has 3 rings (SSSR count). The van der Waals surface area contributed by atoms with Crippen LogP contribution in [0.1, 0.15) is 26.5 Å². The van der Waals surface area contributed by atoms with E-state index in [4.69, 9.17) is 32.4 Å². The molecule has 1 heterocycles. The third-order valence-corrected chi connectivity index (χ3v) is 4.74. The van der Waals surface area contributed by atoms with Crippen LogP contribution in [0.15, 0.2) is 52.9 Å². The van der Waals surface area contributed by atoms with Crippen molar-refractivity contribution in [3.8, 4) is 11.3 Å². The molecule has 0 saturated heterocycles. The van der Waals surface area contributed by atoms with Crippen molar-refractivity contribution in [2.24, 2.45) is 0 Å². The maximum atomic E-state index is 12.4. The predicted octanol–water partition coefficient (Wildman–Crippen LogP) is 5.17. The van der Waals surface area contributed by atoms with E-state index in [-0.39, 0.29) is 16.3 Å². The number of amides is 1. The lowest BCUT2D eigenvalue weighted by molar-refractivity contribution is -0.119. The Bertz CT molecular complexity index is 1090. The maximum absolute atomic E-state index is 12.4. The number of carbonyl (C=O) groups is 3. The van der Waals surface area contributed by atoms with Crippen molar-refractivity contribution >= 4 is 47.1 Å². The fraction of sp³-hybridized carbons (Fsp3) is 0.0952. The summed E-state index contributed by atoms with van der Waals surface area (Å²) in [6.45, 7) is 1.34. The van der Waals surface area contributed by atoms with Gasteiger partial charge in [0.15, 0.2) is 18.7 Å². The number of furan rings is 1. The summed E-state index contributed by atoms with van der Waals surface area (Å²) in [6, 6.07) is 12.8. The minimum Gasteiger partial charge on any atom is -0.453 e. The number of benzene rings is 2. The van der Waals surface area contributed by atoms with Crippen LogP contribution < -0.4 is 5.32 Å². The number of hydrogen-bond donors (Lipinski definition) is 1. The van der Waals surface area contributed by atoms with E-state index in [0.717, 1.165) is 5.56 Å². The molecule has 0 radical (unpaired) electrons. The van der Waals surface area contributed by atoms with Crippen molar-refractivity contribution in [2.45, 2.75) is 6.92 Å². The van der Waals surface area contributed by atoms with Crippen molar-refractivity contribution in [3.05, 3.63) is 75.5 Å². The average molecular weight is 432 g/mol. The third-order valence-electron chi connectivity index (χ3n) is 4.00. The highest BCUT2D eigenvalue weighted by Gasteiger charge is 2.16. The second-order valence-corrected chi connectivity index (χ2v) is 6.92. The first-order chi connectivity index (χ1) is 13.9. The highest BCUT2D eigenvalue weighted by Crippen LogP contribution is 2.27. The lowest BCUT2D eigenvalue weighted by Crippen LogP contribution is -2.21. The van der Waals surface area contributed by atoms with Crippen LogP contribution in [0, 0.1) is 6.92 Å². The molecule has 1 N–H and O–H groups in total. The Morgan fingerprint density at radius 2 is 1.86 bits per heavy atom. The summed E-state index contributed by atoms with van der Waals surface area (Å²) in [5.41, 5.74) is 1.97. The molecule has 1 aromatic heterocycles. The van der Waals surface area contributed by atoms with E-state index in [9.17, 15) is 14.4 Å². The molecule has 0 atom stereocenters. The van der Waals surface area contributed by atoms with Gasteiger partial charge in [-0.25, -0.2) is 4.79 Å². The van der Waals surface area contributed by atoms with Gasteiger partial charge in [0.1, 0.15) is 5.76 Å². The molecule has 29 heavy (non-hydrogen) atoms. The van der Waals surface area contributed by atoms with Gasteiger partial charge < -0.3 is 14.5 Å². The normalized spacial score (nSPS) is 10.4. The van der Waals surface area contributed by atoms with Crippen molar-refractivity contribution in [1.29, 1.82) is 0 Å². The quantitative estimate of drug-likeness (QED) is 0.429. The van der Waals surface area contributed by atoms with Crippen LogP contribution in [0.5, 0.6) is 0 Å². The highest BCUT2D eigenvalue weighted by atomic mass is 35.5. The fourth-order valence-electron chi connectivity index (χ4n) is 2.48. The SMILES string of the molecule is Cc1ccc(NC(=O)COC(=O)c2cc(-c3ccc(C=O)o3)ccc2Cl)cc1Cl. The number of carbonyl (C=O) groups excluding carboxylic acids is 3. The first-order valence-corrected chi connectivity index (χ1v) is 9.21. The van der Waals surface area contributed by atoms with Crippen molar-refractivity contribution in [1.82, 2.24) is 0 Å². The number of ether oxygens (including phenoxy) is 1. The fourth-order valence-corrected chi connectivity index (χ4v) is 2.86. The zero-order chi connectivity index (χ0) is 21.0. The Morgan fingerprint density at radius 3 is 2.55 bits per heavy atom. The molecule has 0 aliphatic carbocycles. The van der Waals surface area contributed by atoms with Gasteiger partial charge in [-0.2, -0.15) is 0 Å². The monoisotopic (exact) mass is 431 g/mol. The number of rotatable bonds is 6. The van der Waals surface area contributed by atoms with Gasteiger partial charge in [0, 0.05) is 16.3 Å². The standard InChI is InChI=1S/C21H15Cl2NO5/c1-12-2-4-14(9-18(12)23)24-20(26)11-28-21(27)16-8-13(3-6-17(16)22)19-7-5-15(10-25)29-19/h2-10H,11H2,1H3,(H,24,26). The lowest BCUT2D eigenvalue weighted by Gasteiger charge is -2.09. The van der Waals surface area contributed by atoms with Gasteiger partial charge >= 0.3 is 5.97 Å². The van der Waals surface area contributed by atoms with Gasteiger partial charge in [-0.15, -0.1) is 0 Å². The van der Waals surface area contributed by atoms with Crippen molar-refractivity contribution in [2.75, 3.05) is 11.9 Å². The van der Waals surface area contributed by atoms with Gasteiger partial charge in [0.2, 0.25) is 0 Å². The molecule has 148 valence electrons. The van der Waals surface area contributed by atoms with E-state index >= 15 is 0 Å². The van der Waals surface area contributed by atoms with E-state index in [2.05, 4.69) is 5.32 Å². The summed E-state index contributed by atoms with van der Waals surface area (Å²) in [7, 11) is 0. The van der Waals surface area contributed by atoms with Crippen molar-refractivity contribution in [3.63, 3.8) is 0 Å². The predicted molar refractivity (Wildman–Crippen MR) is 110 cm³/mol. The Hall–Kier alpha value is -3.09. The molecular formula is C21H15Cl2NO5. The molecule has 0 aliphatic heterocycles. The third kappa shape index (κ3) is 5.04. The number of nitrogens with one attached hydrogen (secondary N) is 1. The molecule has 3 aromatic rings. The molecule has 2 aromatic carbocycles. The summed E-state index contributed by atoms with van der Waals surface area (Å²) >= 11 is 12.1. The van der Waals surface area contributed by atoms with Crippen molar-refractivity contribution < 1.29 is 23.5 Å². The van der Waals surface area contributed by atoms with Crippen LogP contribution in [-0.4, -0.2) is 24.8 Å². The van der Waals surface area contributed by atoms with Crippen LogP contribution in [0.25, 0.3) is 11.3 Å². The van der Waals surface area contributed by atoms with Gasteiger partial charge in [-0.3, -0.25) is 9.59 Å². The maximum Gasteiger partial charge on any atom is 0.340 e. The Labute approximate surface area is 176 Å². The highest BCUT2D eigenvalue weighted by molar-refractivity contribution is 6.33. The summed E-state index contributed by atoms with van der Waals surface area (Å²) in [5.74, 6) is -0.734. The van der Waals surface area contributed by atoms with E-state index in [1.165, 1.54) is 18.2 Å². The summed E-state index contributed by atoms with van der Waals surface area (Å²) in [6.07, 6.45) is 0.578. The van der Waals surface area contributed by atoms with E-state index in [1.807, 2.05) is 6.92 Å².